The lowest BCUT2D eigenvalue weighted by atomic mass is 9.89. The molecule has 1 atom stereocenters. The zero-order chi connectivity index (χ0) is 22.5. The highest BCUT2D eigenvalue weighted by atomic mass is 35.5. The topological polar surface area (TPSA) is 102 Å². The summed E-state index contributed by atoms with van der Waals surface area (Å²) in [5.41, 5.74) is 3.97. The lowest BCUT2D eigenvalue weighted by molar-refractivity contribution is -0.150. The molecule has 2 aromatic rings. The summed E-state index contributed by atoms with van der Waals surface area (Å²) < 4.78 is 5.68. The van der Waals surface area contributed by atoms with Crippen LogP contribution in [0, 0.1) is 18.8 Å². The fourth-order valence-electron chi connectivity index (χ4n) is 3.84. The van der Waals surface area contributed by atoms with Gasteiger partial charge in [0.1, 0.15) is 5.75 Å². The first-order valence-electron chi connectivity index (χ1n) is 11.0. The average Bonchev–Trinajstić information content (AvgIpc) is 3.63. The maximum atomic E-state index is 12.9. The average molecular weight is 459 g/mol. The van der Waals surface area contributed by atoms with Crippen molar-refractivity contribution in [3.05, 3.63) is 41.2 Å². The molecule has 2 aliphatic rings. The summed E-state index contributed by atoms with van der Waals surface area (Å²) in [6.45, 7) is 1.86. The monoisotopic (exact) mass is 458 g/mol. The minimum absolute atomic E-state index is 0.0218. The highest BCUT2D eigenvalue weighted by molar-refractivity contribution is 6.30. The Labute approximate surface area is 192 Å². The van der Waals surface area contributed by atoms with E-state index in [1.807, 2.05) is 6.92 Å². The van der Waals surface area contributed by atoms with Crippen LogP contribution in [0.5, 0.6) is 11.8 Å². The van der Waals surface area contributed by atoms with Crippen molar-refractivity contribution in [1.29, 1.82) is 0 Å². The Balaban J connectivity index is 1.34. The number of nitrogens with one attached hydrogen (secondary N) is 2. The molecule has 2 aliphatic carbocycles. The number of hydroxylamine groups is 1. The summed E-state index contributed by atoms with van der Waals surface area (Å²) in [5, 5.41) is 3.31. The number of benzene rings is 1. The number of rotatable bonds is 8. The SMILES string of the molecule is Cc1cc(NC(=O)C(ONC(=O)C2CCCCC2)C2CC2)ccc1Oc1ncc(Cl)cn1. The van der Waals surface area contributed by atoms with Crippen LogP contribution in [-0.4, -0.2) is 27.9 Å². The normalized spacial score (nSPS) is 17.4. The molecule has 32 heavy (non-hydrogen) atoms. The Hall–Kier alpha value is -2.71. The lowest BCUT2D eigenvalue weighted by Gasteiger charge is -2.22. The summed E-state index contributed by atoms with van der Waals surface area (Å²) in [5.74, 6) is 0.273. The van der Waals surface area contributed by atoms with Gasteiger partial charge in [-0.2, -0.15) is 0 Å². The summed E-state index contributed by atoms with van der Waals surface area (Å²) in [7, 11) is 0. The van der Waals surface area contributed by atoms with Crippen molar-refractivity contribution >= 4 is 29.1 Å². The molecule has 1 aromatic carbocycles. The van der Waals surface area contributed by atoms with Crippen LogP contribution in [0.1, 0.15) is 50.5 Å². The summed E-state index contributed by atoms with van der Waals surface area (Å²) in [6.07, 6.45) is 9.08. The molecule has 0 aliphatic heterocycles. The third kappa shape index (κ3) is 5.95. The van der Waals surface area contributed by atoms with E-state index in [9.17, 15) is 9.59 Å². The number of hydrogen-bond acceptors (Lipinski definition) is 6. The molecule has 0 bridgehead atoms. The van der Waals surface area contributed by atoms with Crippen LogP contribution >= 0.6 is 11.6 Å². The van der Waals surface area contributed by atoms with Crippen LogP contribution in [0.4, 0.5) is 5.69 Å². The van der Waals surface area contributed by atoms with Crippen LogP contribution < -0.4 is 15.5 Å². The zero-order valence-corrected chi connectivity index (χ0v) is 18.7. The Morgan fingerprint density at radius 2 is 1.81 bits per heavy atom. The molecule has 2 amide bonds. The number of aromatic nitrogens is 2. The van der Waals surface area contributed by atoms with Crippen molar-refractivity contribution in [3.63, 3.8) is 0 Å². The number of hydrogen-bond donors (Lipinski definition) is 2. The fourth-order valence-corrected chi connectivity index (χ4v) is 3.94. The van der Waals surface area contributed by atoms with Crippen molar-refractivity contribution in [2.45, 2.75) is 58.0 Å². The standard InChI is InChI=1S/C23H27ClN4O4/c1-14-11-18(9-10-19(14)31-23-25-12-17(24)13-26-23)27-22(30)20(15-7-8-15)32-28-21(29)16-5-3-2-4-6-16/h9-13,15-16,20H,2-8H2,1H3,(H,27,30)(H,28,29). The van der Waals surface area contributed by atoms with Gasteiger partial charge < -0.3 is 10.1 Å². The zero-order valence-electron chi connectivity index (χ0n) is 18.0. The van der Waals surface area contributed by atoms with Gasteiger partial charge >= 0.3 is 6.01 Å². The van der Waals surface area contributed by atoms with E-state index in [1.54, 1.807) is 18.2 Å². The van der Waals surface area contributed by atoms with Gasteiger partial charge in [-0.3, -0.25) is 14.4 Å². The van der Waals surface area contributed by atoms with Crippen molar-refractivity contribution in [2.24, 2.45) is 11.8 Å². The van der Waals surface area contributed by atoms with Gasteiger partial charge in [-0.15, -0.1) is 0 Å². The molecule has 1 unspecified atom stereocenters. The van der Waals surface area contributed by atoms with E-state index in [0.717, 1.165) is 44.1 Å². The molecule has 4 rings (SSSR count). The minimum Gasteiger partial charge on any atom is -0.424 e. The Kier molecular flexibility index (Phi) is 7.22. The molecule has 8 nitrogen and oxygen atoms in total. The van der Waals surface area contributed by atoms with Crippen LogP contribution in [-0.2, 0) is 14.4 Å². The predicted octanol–water partition coefficient (Wildman–Crippen LogP) is 4.58. The van der Waals surface area contributed by atoms with Crippen molar-refractivity contribution in [3.8, 4) is 11.8 Å². The molecule has 0 saturated heterocycles. The Bertz CT molecular complexity index is 959. The quantitative estimate of drug-likeness (QED) is 0.561. The van der Waals surface area contributed by atoms with Gasteiger partial charge in [0.05, 0.1) is 17.4 Å². The number of ether oxygens (including phenoxy) is 1. The van der Waals surface area contributed by atoms with Gasteiger partial charge in [-0.05, 0) is 62.3 Å². The van der Waals surface area contributed by atoms with Crippen molar-refractivity contribution in [2.75, 3.05) is 5.32 Å². The van der Waals surface area contributed by atoms with Crippen molar-refractivity contribution < 1.29 is 19.2 Å². The molecule has 0 radical (unpaired) electrons. The summed E-state index contributed by atoms with van der Waals surface area (Å²) in [6, 6.07) is 5.46. The Morgan fingerprint density at radius 3 is 2.47 bits per heavy atom. The van der Waals surface area contributed by atoms with Gasteiger partial charge in [0.25, 0.3) is 5.91 Å². The first kappa shape index (κ1) is 22.5. The Morgan fingerprint density at radius 1 is 1.09 bits per heavy atom. The van der Waals surface area contributed by atoms with Crippen LogP contribution in [0.15, 0.2) is 30.6 Å². The number of carbonyl (C=O) groups is 2. The number of anilines is 1. The predicted molar refractivity (Wildman–Crippen MR) is 119 cm³/mol. The van der Waals surface area contributed by atoms with E-state index in [0.29, 0.717) is 16.5 Å². The highest BCUT2D eigenvalue weighted by Gasteiger charge is 2.38. The number of carbonyl (C=O) groups excluding carboxylic acids is 2. The van der Waals surface area contributed by atoms with Crippen molar-refractivity contribution in [1.82, 2.24) is 15.4 Å². The molecule has 170 valence electrons. The number of aryl methyl sites for hydroxylation is 1. The molecular formula is C23H27ClN4O4. The molecule has 2 fully saturated rings. The first-order valence-corrected chi connectivity index (χ1v) is 11.4. The second kappa shape index (κ2) is 10.3. The van der Waals surface area contributed by atoms with Gasteiger partial charge in [-0.25, -0.2) is 15.4 Å². The first-order chi connectivity index (χ1) is 15.5. The van der Waals surface area contributed by atoms with Crippen LogP contribution in [0.2, 0.25) is 5.02 Å². The number of amides is 2. The van der Waals surface area contributed by atoms with E-state index >= 15 is 0 Å². The lowest BCUT2D eigenvalue weighted by Crippen LogP contribution is -2.41. The molecule has 1 heterocycles. The smallest absolute Gasteiger partial charge is 0.321 e. The van der Waals surface area contributed by atoms with Gasteiger partial charge in [-0.1, -0.05) is 30.9 Å². The number of nitrogens with zero attached hydrogens (tertiary/aromatic N) is 2. The van der Waals surface area contributed by atoms with E-state index in [4.69, 9.17) is 21.2 Å². The van der Waals surface area contributed by atoms with Gasteiger partial charge in [0.2, 0.25) is 5.91 Å². The second-order valence-electron chi connectivity index (χ2n) is 8.43. The number of halogens is 1. The largest absolute Gasteiger partial charge is 0.424 e. The highest BCUT2D eigenvalue weighted by Crippen LogP contribution is 2.35. The van der Waals surface area contributed by atoms with Crippen LogP contribution in [0.3, 0.4) is 0 Å². The van der Waals surface area contributed by atoms with E-state index < -0.39 is 6.10 Å². The van der Waals surface area contributed by atoms with E-state index in [1.165, 1.54) is 18.8 Å². The molecule has 2 saturated carbocycles. The maximum absolute atomic E-state index is 12.9. The summed E-state index contributed by atoms with van der Waals surface area (Å²) in [4.78, 5) is 38.9. The molecule has 0 spiro atoms. The molecule has 9 heteroatoms. The maximum Gasteiger partial charge on any atom is 0.321 e. The third-order valence-corrected chi connectivity index (χ3v) is 6.01. The molecule has 1 aromatic heterocycles. The molecular weight excluding hydrogens is 432 g/mol. The third-order valence-electron chi connectivity index (χ3n) is 5.81. The van der Waals surface area contributed by atoms with E-state index in [2.05, 4.69) is 20.8 Å². The second-order valence-corrected chi connectivity index (χ2v) is 8.87. The van der Waals surface area contributed by atoms with Crippen LogP contribution in [0.25, 0.3) is 0 Å². The fraction of sp³-hybridized carbons (Fsp3) is 0.478. The van der Waals surface area contributed by atoms with E-state index in [-0.39, 0.29) is 29.7 Å². The van der Waals surface area contributed by atoms with Gasteiger partial charge in [0.15, 0.2) is 6.10 Å². The minimum atomic E-state index is -0.707. The van der Waals surface area contributed by atoms with Gasteiger partial charge in [0, 0.05) is 11.6 Å². The summed E-state index contributed by atoms with van der Waals surface area (Å²) >= 11 is 5.79. The molecule has 2 N–H and O–H groups in total.